The van der Waals surface area contributed by atoms with Crippen molar-refractivity contribution in [2.45, 2.75) is 6.04 Å². The molecule has 0 aliphatic heterocycles. The van der Waals surface area contributed by atoms with Crippen LogP contribution in [-0.2, 0) is 4.79 Å². The summed E-state index contributed by atoms with van der Waals surface area (Å²) in [5.41, 5.74) is -0.335. The molecule has 2 aromatic rings. The first-order chi connectivity index (χ1) is 10.9. The van der Waals surface area contributed by atoms with Crippen LogP contribution in [0.25, 0.3) is 11.4 Å². The maximum absolute atomic E-state index is 12.0. The highest BCUT2D eigenvalue weighted by Crippen LogP contribution is 2.16. The van der Waals surface area contributed by atoms with Crippen molar-refractivity contribution in [3.63, 3.8) is 0 Å². The number of amides is 1. The molecule has 1 heterocycles. The largest absolute Gasteiger partial charge is 0.480 e. The van der Waals surface area contributed by atoms with Gasteiger partial charge in [-0.05, 0) is 24.3 Å². The third kappa shape index (κ3) is 4.11. The zero-order valence-corrected chi connectivity index (χ0v) is 13.3. The lowest BCUT2D eigenvalue weighted by Gasteiger charge is -2.11. The van der Waals surface area contributed by atoms with E-state index < -0.39 is 23.5 Å². The first-order valence-corrected chi connectivity index (χ1v) is 7.43. The second-order valence-corrected chi connectivity index (χ2v) is 5.33. The summed E-state index contributed by atoms with van der Waals surface area (Å²) in [5, 5.41) is 11.6. The summed E-state index contributed by atoms with van der Waals surface area (Å²) in [6.45, 7) is 0. The number of carboxylic acids is 1. The lowest BCUT2D eigenvalue weighted by atomic mass is 10.2. The number of nitrogens with zero attached hydrogens (tertiary/aromatic N) is 1. The van der Waals surface area contributed by atoms with Crippen molar-refractivity contribution in [1.82, 2.24) is 15.3 Å². The van der Waals surface area contributed by atoms with Crippen molar-refractivity contribution in [2.75, 3.05) is 5.75 Å². The van der Waals surface area contributed by atoms with Gasteiger partial charge in [0.25, 0.3) is 11.5 Å². The van der Waals surface area contributed by atoms with E-state index in [2.05, 4.69) is 27.9 Å². The molecule has 1 aromatic heterocycles. The number of rotatable bonds is 5. The van der Waals surface area contributed by atoms with Gasteiger partial charge in [0.2, 0.25) is 0 Å². The van der Waals surface area contributed by atoms with E-state index in [0.717, 1.165) is 6.20 Å². The lowest BCUT2D eigenvalue weighted by Crippen LogP contribution is -2.43. The highest BCUT2D eigenvalue weighted by Gasteiger charge is 2.21. The van der Waals surface area contributed by atoms with Gasteiger partial charge in [-0.2, -0.15) is 12.6 Å². The van der Waals surface area contributed by atoms with E-state index >= 15 is 0 Å². The first-order valence-electron chi connectivity index (χ1n) is 6.42. The zero-order chi connectivity index (χ0) is 17.0. The Labute approximate surface area is 141 Å². The minimum atomic E-state index is -1.24. The van der Waals surface area contributed by atoms with Crippen LogP contribution in [0.4, 0.5) is 0 Å². The van der Waals surface area contributed by atoms with E-state index in [1.807, 2.05) is 0 Å². The molecule has 0 radical (unpaired) electrons. The maximum atomic E-state index is 12.0. The molecule has 0 aliphatic rings. The molecule has 0 bridgehead atoms. The Morgan fingerprint density at radius 3 is 2.52 bits per heavy atom. The summed E-state index contributed by atoms with van der Waals surface area (Å²) >= 11 is 9.62. The zero-order valence-electron chi connectivity index (χ0n) is 11.6. The molecule has 0 saturated carbocycles. The van der Waals surface area contributed by atoms with Gasteiger partial charge in [0.05, 0.1) is 0 Å². The number of aliphatic carboxylic acids is 1. The van der Waals surface area contributed by atoms with Gasteiger partial charge in [0.15, 0.2) is 0 Å². The molecule has 7 nitrogen and oxygen atoms in total. The predicted molar refractivity (Wildman–Crippen MR) is 88.0 cm³/mol. The van der Waals surface area contributed by atoms with Gasteiger partial charge in [-0.15, -0.1) is 0 Å². The Balaban J connectivity index is 2.25. The summed E-state index contributed by atoms with van der Waals surface area (Å²) in [7, 11) is 0. The standard InChI is InChI=1S/C14H12ClN3O4S/c15-8-3-1-7(2-4-8)11-16-5-9(13(20)18-11)12(19)17-10(6-23)14(21)22/h1-5,10,23H,6H2,(H,17,19)(H,21,22)(H,16,18,20). The molecule has 23 heavy (non-hydrogen) atoms. The summed E-state index contributed by atoms with van der Waals surface area (Å²) in [6, 6.07) is 5.42. The van der Waals surface area contributed by atoms with E-state index in [4.69, 9.17) is 16.7 Å². The summed E-state index contributed by atoms with van der Waals surface area (Å²) < 4.78 is 0. The Kier molecular flexibility index (Phi) is 5.41. The van der Waals surface area contributed by atoms with Gasteiger partial charge < -0.3 is 15.4 Å². The van der Waals surface area contributed by atoms with Gasteiger partial charge in [-0.1, -0.05) is 11.6 Å². The van der Waals surface area contributed by atoms with E-state index in [0.29, 0.717) is 10.6 Å². The number of H-pyrrole nitrogens is 1. The van der Waals surface area contributed by atoms with Crippen molar-refractivity contribution < 1.29 is 14.7 Å². The number of carbonyl (C=O) groups excluding carboxylic acids is 1. The lowest BCUT2D eigenvalue weighted by molar-refractivity contribution is -0.138. The van der Waals surface area contributed by atoms with E-state index in [1.165, 1.54) is 0 Å². The number of aromatic nitrogens is 2. The summed E-state index contributed by atoms with van der Waals surface area (Å²) in [4.78, 5) is 41.3. The minimum Gasteiger partial charge on any atom is -0.480 e. The molecule has 3 N–H and O–H groups in total. The molecule has 120 valence electrons. The SMILES string of the molecule is O=C(NC(CS)C(=O)O)c1cnc(-c2ccc(Cl)cc2)[nH]c1=O. The number of carboxylic acid groups (broad SMARTS) is 1. The third-order valence-corrected chi connectivity index (χ3v) is 3.56. The molecule has 0 aliphatic carbocycles. The molecule has 1 amide bonds. The molecule has 1 aromatic carbocycles. The smallest absolute Gasteiger partial charge is 0.327 e. The molecule has 1 atom stereocenters. The minimum absolute atomic E-state index is 0.102. The fraction of sp³-hybridized carbons (Fsp3) is 0.143. The van der Waals surface area contributed by atoms with Crippen LogP contribution in [0.5, 0.6) is 0 Å². The Bertz CT molecular complexity index is 791. The van der Waals surface area contributed by atoms with Crippen LogP contribution in [0.3, 0.4) is 0 Å². The second kappa shape index (κ2) is 7.30. The van der Waals surface area contributed by atoms with Crippen molar-refractivity contribution in [2.24, 2.45) is 0 Å². The fourth-order valence-electron chi connectivity index (χ4n) is 1.73. The van der Waals surface area contributed by atoms with Gasteiger partial charge in [0.1, 0.15) is 17.4 Å². The van der Waals surface area contributed by atoms with Crippen molar-refractivity contribution >= 4 is 36.1 Å². The average Bonchev–Trinajstić information content (AvgIpc) is 2.52. The summed E-state index contributed by atoms with van der Waals surface area (Å²) in [5.74, 6) is -1.90. The second-order valence-electron chi connectivity index (χ2n) is 4.53. The third-order valence-electron chi connectivity index (χ3n) is 2.95. The topological polar surface area (TPSA) is 112 Å². The van der Waals surface area contributed by atoms with Crippen molar-refractivity contribution in [3.8, 4) is 11.4 Å². The number of carbonyl (C=O) groups is 2. The Morgan fingerprint density at radius 2 is 2.00 bits per heavy atom. The van der Waals surface area contributed by atoms with E-state index in [9.17, 15) is 14.4 Å². The molecule has 0 fully saturated rings. The Morgan fingerprint density at radius 1 is 1.35 bits per heavy atom. The van der Waals surface area contributed by atoms with Gasteiger partial charge in [0, 0.05) is 22.5 Å². The van der Waals surface area contributed by atoms with Gasteiger partial charge >= 0.3 is 5.97 Å². The van der Waals surface area contributed by atoms with Crippen molar-refractivity contribution in [1.29, 1.82) is 0 Å². The number of thiol groups is 1. The van der Waals surface area contributed by atoms with Crippen molar-refractivity contribution in [3.05, 3.63) is 51.4 Å². The van der Waals surface area contributed by atoms with Crippen LogP contribution in [0.1, 0.15) is 10.4 Å². The first kappa shape index (κ1) is 17.0. The molecular weight excluding hydrogens is 342 g/mol. The number of hydrogen-bond acceptors (Lipinski definition) is 5. The number of benzene rings is 1. The monoisotopic (exact) mass is 353 g/mol. The normalized spacial score (nSPS) is 11.7. The van der Waals surface area contributed by atoms with Gasteiger partial charge in [-0.25, -0.2) is 9.78 Å². The number of nitrogens with one attached hydrogen (secondary N) is 2. The molecule has 2 rings (SSSR count). The van der Waals surface area contributed by atoms with E-state index in [-0.39, 0.29) is 17.1 Å². The number of hydrogen-bond donors (Lipinski definition) is 4. The molecular formula is C14H12ClN3O4S. The van der Waals surface area contributed by atoms with Crippen LogP contribution >= 0.6 is 24.2 Å². The van der Waals surface area contributed by atoms with E-state index in [1.54, 1.807) is 24.3 Å². The molecule has 0 saturated heterocycles. The van der Waals surface area contributed by atoms with Crippen LogP contribution in [-0.4, -0.2) is 38.7 Å². The highest BCUT2D eigenvalue weighted by molar-refractivity contribution is 7.80. The molecule has 9 heteroatoms. The van der Waals surface area contributed by atoms with Gasteiger partial charge in [-0.3, -0.25) is 9.59 Å². The highest BCUT2D eigenvalue weighted by atomic mass is 35.5. The van der Waals surface area contributed by atoms with Crippen LogP contribution in [0.15, 0.2) is 35.3 Å². The Hall–Kier alpha value is -2.32. The van der Waals surface area contributed by atoms with Crippen LogP contribution in [0, 0.1) is 0 Å². The number of aromatic amines is 1. The quantitative estimate of drug-likeness (QED) is 0.603. The summed E-state index contributed by atoms with van der Waals surface area (Å²) in [6.07, 6.45) is 1.09. The van der Waals surface area contributed by atoms with Crippen LogP contribution in [0.2, 0.25) is 5.02 Å². The maximum Gasteiger partial charge on any atom is 0.327 e. The average molecular weight is 354 g/mol. The predicted octanol–water partition coefficient (Wildman–Crippen LogP) is 1.20. The molecule has 1 unspecified atom stereocenters. The molecule has 0 spiro atoms. The van der Waals surface area contributed by atoms with Crippen LogP contribution < -0.4 is 10.9 Å². The fourth-order valence-corrected chi connectivity index (χ4v) is 2.11. The number of halogens is 1.